The predicted molar refractivity (Wildman–Crippen MR) is 133 cm³/mol. The number of benzene rings is 1. The normalized spacial score (nSPS) is 18.6. The van der Waals surface area contributed by atoms with Crippen LogP contribution in [-0.4, -0.2) is 58.0 Å². The maximum absolute atomic E-state index is 13.5. The largest absolute Gasteiger partial charge is 0.345 e. The summed E-state index contributed by atoms with van der Waals surface area (Å²) >= 11 is 1.50. The molecule has 0 N–H and O–H groups in total. The summed E-state index contributed by atoms with van der Waals surface area (Å²) < 4.78 is 2.96. The van der Waals surface area contributed by atoms with Crippen molar-refractivity contribution in [3.8, 4) is 0 Å². The molecule has 9 heteroatoms. The molecule has 0 unspecified atom stereocenters. The topological polar surface area (TPSA) is 84.5 Å². The number of carbonyl (C=O) groups is 1. The van der Waals surface area contributed by atoms with E-state index in [2.05, 4.69) is 14.4 Å². The van der Waals surface area contributed by atoms with Crippen molar-refractivity contribution >= 4 is 38.3 Å². The Morgan fingerprint density at radius 1 is 0.971 bits per heavy atom. The number of thiazole rings is 1. The van der Waals surface area contributed by atoms with E-state index >= 15 is 0 Å². The minimum atomic E-state index is -0.367. The Labute approximate surface area is 202 Å². The number of hydrogen-bond acceptors (Lipinski definition) is 7. The molecule has 3 heterocycles. The highest BCUT2D eigenvalue weighted by atomic mass is 32.1. The summed E-state index contributed by atoms with van der Waals surface area (Å²) in [5.74, 6) is 0.238. The summed E-state index contributed by atoms with van der Waals surface area (Å²) in [5, 5.41) is 12.0. The number of carbonyl (C=O) groups excluding carboxylic acids is 1. The minimum absolute atomic E-state index is 0.0976. The molecule has 0 radical (unpaired) electrons. The van der Waals surface area contributed by atoms with E-state index in [0.29, 0.717) is 6.54 Å². The third-order valence-corrected chi connectivity index (χ3v) is 8.68. The zero-order valence-electron chi connectivity index (χ0n) is 19.3. The van der Waals surface area contributed by atoms with Crippen molar-refractivity contribution in [1.82, 2.24) is 14.5 Å². The second-order valence-corrected chi connectivity index (χ2v) is 10.7. The Balaban J connectivity index is 1.14. The van der Waals surface area contributed by atoms with E-state index in [1.807, 2.05) is 0 Å². The molecule has 34 heavy (non-hydrogen) atoms. The number of nitrogens with zero attached hydrogens (tertiary/aromatic N) is 5. The standard InChI is InChI=1S/C25H29N5O3S/c31-24(29-21-7-3-1-5-18(21)19-6-2-4-8-22(19)29)16-27-11-13-28(14-12-27)25-26-20-10-9-17(30(32)33)15-23(20)34-25/h9-10,15H,1-8,11-14,16H2. The molecule has 1 fully saturated rings. The van der Waals surface area contributed by atoms with Crippen LogP contribution >= 0.6 is 11.3 Å². The van der Waals surface area contributed by atoms with Gasteiger partial charge in [0.2, 0.25) is 5.91 Å². The zero-order valence-corrected chi connectivity index (χ0v) is 20.1. The van der Waals surface area contributed by atoms with Crippen LogP contribution in [-0.2, 0) is 25.7 Å². The van der Waals surface area contributed by atoms with Crippen LogP contribution in [0.3, 0.4) is 0 Å². The molecule has 0 amide bonds. The molecule has 178 valence electrons. The molecule has 0 bridgehead atoms. The fourth-order valence-corrected chi connectivity index (χ4v) is 6.95. The number of piperazine rings is 1. The van der Waals surface area contributed by atoms with Crippen LogP contribution in [0.5, 0.6) is 0 Å². The third kappa shape index (κ3) is 3.80. The molecule has 0 spiro atoms. The zero-order chi connectivity index (χ0) is 23.2. The van der Waals surface area contributed by atoms with Gasteiger partial charge in [-0.2, -0.15) is 0 Å². The average Bonchev–Trinajstić information content (AvgIpc) is 3.43. The molecule has 1 aromatic carbocycles. The van der Waals surface area contributed by atoms with Crippen LogP contribution in [0, 0.1) is 10.1 Å². The van der Waals surface area contributed by atoms with Gasteiger partial charge in [0.05, 0.1) is 21.7 Å². The van der Waals surface area contributed by atoms with Gasteiger partial charge in [0.1, 0.15) is 0 Å². The molecule has 8 nitrogen and oxygen atoms in total. The molecule has 1 aliphatic heterocycles. The van der Waals surface area contributed by atoms with Crippen LogP contribution in [0.4, 0.5) is 10.8 Å². The summed E-state index contributed by atoms with van der Waals surface area (Å²) in [7, 11) is 0. The van der Waals surface area contributed by atoms with E-state index < -0.39 is 0 Å². The molecule has 1 saturated heterocycles. The van der Waals surface area contributed by atoms with Gasteiger partial charge in [-0.05, 0) is 68.6 Å². The number of non-ortho nitro benzene ring substituents is 1. The van der Waals surface area contributed by atoms with Crippen LogP contribution < -0.4 is 4.90 Å². The number of hydrogen-bond donors (Lipinski definition) is 0. The fourth-order valence-electron chi connectivity index (χ4n) is 5.90. The van der Waals surface area contributed by atoms with E-state index in [1.54, 1.807) is 12.1 Å². The number of nitro benzene ring substituents is 1. The van der Waals surface area contributed by atoms with Crippen molar-refractivity contribution in [3.05, 3.63) is 50.8 Å². The Morgan fingerprint density at radius 2 is 1.62 bits per heavy atom. The van der Waals surface area contributed by atoms with Crippen LogP contribution in [0.1, 0.15) is 53.0 Å². The second-order valence-electron chi connectivity index (χ2n) is 9.66. The van der Waals surface area contributed by atoms with E-state index in [-0.39, 0.29) is 16.5 Å². The number of nitro groups is 1. The van der Waals surface area contributed by atoms with Gasteiger partial charge in [0.25, 0.3) is 5.69 Å². The molecule has 3 aromatic rings. The SMILES string of the molecule is O=C(CN1CCN(c2nc3ccc([N+](=O)[O-])cc3s2)CC1)n1c2c(c3c1CCCC3)CCCC2. The highest BCUT2D eigenvalue weighted by Crippen LogP contribution is 2.35. The average molecular weight is 480 g/mol. The van der Waals surface area contributed by atoms with E-state index in [0.717, 1.165) is 67.2 Å². The van der Waals surface area contributed by atoms with Gasteiger partial charge < -0.3 is 4.90 Å². The first-order chi connectivity index (χ1) is 16.6. The lowest BCUT2D eigenvalue weighted by Gasteiger charge is -2.34. The molecule has 3 aliphatic rings. The summed E-state index contributed by atoms with van der Waals surface area (Å²) in [6.07, 6.45) is 9.23. The Hall–Kier alpha value is -2.78. The van der Waals surface area contributed by atoms with Gasteiger partial charge in [-0.15, -0.1) is 0 Å². The van der Waals surface area contributed by atoms with Gasteiger partial charge in [0, 0.05) is 49.7 Å². The quantitative estimate of drug-likeness (QED) is 0.411. The van der Waals surface area contributed by atoms with Crippen LogP contribution in [0.25, 0.3) is 10.2 Å². The summed E-state index contributed by atoms with van der Waals surface area (Å²) in [6, 6.07) is 4.83. The Morgan fingerprint density at radius 3 is 2.26 bits per heavy atom. The van der Waals surface area contributed by atoms with Gasteiger partial charge in [-0.3, -0.25) is 24.4 Å². The Kier molecular flexibility index (Phi) is 5.61. The van der Waals surface area contributed by atoms with E-state index in [4.69, 9.17) is 4.98 Å². The van der Waals surface area contributed by atoms with Crippen molar-refractivity contribution in [2.24, 2.45) is 0 Å². The maximum Gasteiger partial charge on any atom is 0.270 e. The van der Waals surface area contributed by atoms with Crippen LogP contribution in [0.2, 0.25) is 0 Å². The fraction of sp³-hybridized carbons (Fsp3) is 0.520. The number of fused-ring (bicyclic) bond motifs is 4. The summed E-state index contributed by atoms with van der Waals surface area (Å²) in [4.78, 5) is 33.4. The molecular formula is C25H29N5O3S. The van der Waals surface area contributed by atoms with Gasteiger partial charge >= 0.3 is 0 Å². The number of aromatic nitrogens is 2. The van der Waals surface area contributed by atoms with E-state index in [9.17, 15) is 14.9 Å². The number of anilines is 1. The smallest absolute Gasteiger partial charge is 0.270 e. The first kappa shape index (κ1) is 21.7. The van der Waals surface area contributed by atoms with Crippen molar-refractivity contribution in [2.75, 3.05) is 37.6 Å². The highest BCUT2D eigenvalue weighted by Gasteiger charge is 2.30. The van der Waals surface area contributed by atoms with E-state index in [1.165, 1.54) is 65.6 Å². The second kappa shape index (κ2) is 8.78. The molecular weight excluding hydrogens is 450 g/mol. The van der Waals surface area contributed by atoms with Crippen molar-refractivity contribution < 1.29 is 9.72 Å². The monoisotopic (exact) mass is 479 g/mol. The summed E-state index contributed by atoms with van der Waals surface area (Å²) in [6.45, 7) is 3.70. The van der Waals surface area contributed by atoms with Gasteiger partial charge in [-0.1, -0.05) is 11.3 Å². The van der Waals surface area contributed by atoms with Gasteiger partial charge in [0.15, 0.2) is 5.13 Å². The van der Waals surface area contributed by atoms with Crippen molar-refractivity contribution in [1.29, 1.82) is 0 Å². The third-order valence-electron chi connectivity index (χ3n) is 7.60. The van der Waals surface area contributed by atoms with Crippen molar-refractivity contribution in [2.45, 2.75) is 51.4 Å². The molecule has 2 aliphatic carbocycles. The lowest BCUT2D eigenvalue weighted by molar-refractivity contribution is -0.384. The Bertz CT molecular complexity index is 1240. The van der Waals surface area contributed by atoms with Gasteiger partial charge in [-0.25, -0.2) is 4.98 Å². The molecule has 0 atom stereocenters. The molecule has 6 rings (SSSR count). The minimum Gasteiger partial charge on any atom is -0.345 e. The lowest BCUT2D eigenvalue weighted by Crippen LogP contribution is -2.48. The van der Waals surface area contributed by atoms with Crippen molar-refractivity contribution in [3.63, 3.8) is 0 Å². The number of rotatable bonds is 4. The van der Waals surface area contributed by atoms with Crippen LogP contribution in [0.15, 0.2) is 18.2 Å². The summed E-state index contributed by atoms with van der Waals surface area (Å²) in [5.41, 5.74) is 6.51. The molecule has 0 saturated carbocycles. The lowest BCUT2D eigenvalue weighted by atomic mass is 9.89. The highest BCUT2D eigenvalue weighted by molar-refractivity contribution is 7.22. The first-order valence-electron chi connectivity index (χ1n) is 12.4. The maximum atomic E-state index is 13.5. The first-order valence-corrected chi connectivity index (χ1v) is 13.2. The molecule has 2 aromatic heterocycles. The predicted octanol–water partition coefficient (Wildman–Crippen LogP) is 4.23.